The monoisotopic (exact) mass is 216 g/mol. The number of quaternary nitrogens is 1. The van der Waals surface area contributed by atoms with Gasteiger partial charge in [-0.05, 0) is 19.3 Å². The van der Waals surface area contributed by atoms with Gasteiger partial charge >= 0.3 is 5.97 Å². The van der Waals surface area contributed by atoms with E-state index in [1.54, 1.807) is 0 Å². The van der Waals surface area contributed by atoms with E-state index < -0.39 is 5.54 Å². The quantitative estimate of drug-likeness (QED) is 0.696. The van der Waals surface area contributed by atoms with Gasteiger partial charge in [-0.15, -0.1) is 0 Å². The Morgan fingerprint density at radius 2 is 2.33 bits per heavy atom. The third-order valence-corrected chi connectivity index (χ3v) is 2.98. The summed E-state index contributed by atoms with van der Waals surface area (Å²) in [6.45, 7) is 2.85. The molecule has 0 spiro atoms. The molecule has 0 heterocycles. The van der Waals surface area contributed by atoms with Crippen LogP contribution in [-0.4, -0.2) is 31.3 Å². The van der Waals surface area contributed by atoms with Crippen LogP contribution in [0.2, 0.25) is 0 Å². The first kappa shape index (κ1) is 12.5. The maximum Gasteiger partial charge on any atom is 0.367 e. The van der Waals surface area contributed by atoms with E-state index in [4.69, 9.17) is 9.47 Å². The number of ether oxygens (including phenoxy) is 2. The second kappa shape index (κ2) is 5.47. The second-order valence-electron chi connectivity index (χ2n) is 4.36. The molecule has 15 heavy (non-hydrogen) atoms. The Morgan fingerprint density at radius 3 is 2.93 bits per heavy atom. The number of methoxy groups -OCH3 is 1. The van der Waals surface area contributed by atoms with Gasteiger partial charge in [0.05, 0.1) is 13.2 Å². The third kappa shape index (κ3) is 3.18. The van der Waals surface area contributed by atoms with Crippen LogP contribution in [0.25, 0.3) is 0 Å². The van der Waals surface area contributed by atoms with Crippen LogP contribution in [-0.2, 0) is 14.3 Å². The summed E-state index contributed by atoms with van der Waals surface area (Å²) in [6.07, 6.45) is 4.72. The lowest BCUT2D eigenvalue weighted by Gasteiger charge is -2.32. The molecule has 1 aliphatic carbocycles. The maximum atomic E-state index is 11.6. The largest absolute Gasteiger partial charge is 0.464 e. The lowest BCUT2D eigenvalue weighted by atomic mass is 9.81. The summed E-state index contributed by atoms with van der Waals surface area (Å²) in [6, 6.07) is 0. The lowest BCUT2D eigenvalue weighted by Crippen LogP contribution is -2.78. The van der Waals surface area contributed by atoms with Gasteiger partial charge in [-0.1, -0.05) is 6.92 Å². The van der Waals surface area contributed by atoms with E-state index in [1.165, 1.54) is 7.11 Å². The van der Waals surface area contributed by atoms with Crippen LogP contribution >= 0.6 is 0 Å². The molecule has 1 rings (SSSR count). The SMILES string of the molecule is CCCOC1CCCC([NH3+])(C(=O)OC)C1. The van der Waals surface area contributed by atoms with Gasteiger partial charge in [-0.2, -0.15) is 0 Å². The zero-order chi connectivity index (χ0) is 11.3. The topological polar surface area (TPSA) is 63.2 Å². The Hall–Kier alpha value is -0.610. The fourth-order valence-electron chi connectivity index (χ4n) is 2.14. The van der Waals surface area contributed by atoms with E-state index in [0.29, 0.717) is 6.42 Å². The molecule has 0 bridgehead atoms. The number of rotatable bonds is 4. The van der Waals surface area contributed by atoms with Crippen molar-refractivity contribution < 1.29 is 20.0 Å². The predicted molar refractivity (Wildman–Crippen MR) is 56.1 cm³/mol. The van der Waals surface area contributed by atoms with Gasteiger partial charge in [0.15, 0.2) is 5.54 Å². The molecule has 88 valence electrons. The highest BCUT2D eigenvalue weighted by molar-refractivity contribution is 5.78. The van der Waals surface area contributed by atoms with Crippen molar-refractivity contribution in [3.8, 4) is 0 Å². The van der Waals surface area contributed by atoms with Crippen molar-refractivity contribution in [3.05, 3.63) is 0 Å². The molecule has 0 saturated heterocycles. The zero-order valence-corrected chi connectivity index (χ0v) is 9.75. The molecular weight excluding hydrogens is 194 g/mol. The average molecular weight is 216 g/mol. The number of hydrogen-bond donors (Lipinski definition) is 1. The fourth-order valence-corrected chi connectivity index (χ4v) is 2.14. The van der Waals surface area contributed by atoms with Crippen molar-refractivity contribution >= 4 is 5.97 Å². The van der Waals surface area contributed by atoms with Gasteiger partial charge in [0, 0.05) is 19.4 Å². The Morgan fingerprint density at radius 1 is 1.60 bits per heavy atom. The van der Waals surface area contributed by atoms with Crippen molar-refractivity contribution in [2.24, 2.45) is 0 Å². The van der Waals surface area contributed by atoms with E-state index in [2.05, 4.69) is 12.7 Å². The number of esters is 1. The first-order chi connectivity index (χ1) is 7.12. The van der Waals surface area contributed by atoms with Crippen molar-refractivity contribution in [3.63, 3.8) is 0 Å². The minimum atomic E-state index is -0.578. The van der Waals surface area contributed by atoms with E-state index in [0.717, 1.165) is 32.3 Å². The Bertz CT molecular complexity index is 220. The van der Waals surface area contributed by atoms with Gasteiger partial charge in [0.1, 0.15) is 0 Å². The van der Waals surface area contributed by atoms with Gasteiger partial charge in [-0.3, -0.25) is 0 Å². The first-order valence-corrected chi connectivity index (χ1v) is 5.68. The highest BCUT2D eigenvalue weighted by Gasteiger charge is 2.44. The van der Waals surface area contributed by atoms with Gasteiger partial charge < -0.3 is 15.2 Å². The van der Waals surface area contributed by atoms with Crippen LogP contribution in [0.5, 0.6) is 0 Å². The molecule has 0 amide bonds. The molecular formula is C11H22NO3+. The first-order valence-electron chi connectivity index (χ1n) is 5.68. The molecule has 4 nitrogen and oxygen atoms in total. The standard InChI is InChI=1S/C11H21NO3/c1-3-7-15-9-5-4-6-11(12,8-9)10(13)14-2/h9H,3-8,12H2,1-2H3/p+1. The Labute approximate surface area is 91.1 Å². The predicted octanol–water partition coefficient (Wildman–Crippen LogP) is 0.509. The third-order valence-electron chi connectivity index (χ3n) is 2.98. The van der Waals surface area contributed by atoms with Crippen LogP contribution in [0.1, 0.15) is 39.0 Å². The summed E-state index contributed by atoms with van der Waals surface area (Å²) >= 11 is 0. The van der Waals surface area contributed by atoms with E-state index in [-0.39, 0.29) is 12.1 Å². The summed E-state index contributed by atoms with van der Waals surface area (Å²) in [7, 11) is 1.42. The Kier molecular flexibility index (Phi) is 4.54. The number of hydrogen-bond acceptors (Lipinski definition) is 3. The molecule has 1 aliphatic rings. The molecule has 2 unspecified atom stereocenters. The normalized spacial score (nSPS) is 31.3. The van der Waals surface area contributed by atoms with Crippen LogP contribution in [0.15, 0.2) is 0 Å². The molecule has 1 fully saturated rings. The van der Waals surface area contributed by atoms with Crippen molar-refractivity contribution in [2.45, 2.75) is 50.7 Å². The van der Waals surface area contributed by atoms with Gasteiger partial charge in [-0.25, -0.2) is 4.79 Å². The molecule has 0 radical (unpaired) electrons. The smallest absolute Gasteiger partial charge is 0.367 e. The molecule has 2 atom stereocenters. The number of carbonyl (C=O) groups is 1. The minimum Gasteiger partial charge on any atom is -0.464 e. The van der Waals surface area contributed by atoms with E-state index in [9.17, 15) is 4.79 Å². The molecule has 0 aliphatic heterocycles. The van der Waals surface area contributed by atoms with Crippen LogP contribution in [0, 0.1) is 0 Å². The molecule has 0 aromatic heterocycles. The lowest BCUT2D eigenvalue weighted by molar-refractivity contribution is -0.472. The average Bonchev–Trinajstić information content (AvgIpc) is 2.25. The summed E-state index contributed by atoms with van der Waals surface area (Å²) in [5, 5.41) is 0. The van der Waals surface area contributed by atoms with Crippen molar-refractivity contribution in [1.82, 2.24) is 0 Å². The molecule has 3 N–H and O–H groups in total. The Balaban J connectivity index is 2.50. The van der Waals surface area contributed by atoms with Gasteiger partial charge in [0.25, 0.3) is 0 Å². The number of carbonyl (C=O) groups excluding carboxylic acids is 1. The van der Waals surface area contributed by atoms with Crippen LogP contribution < -0.4 is 5.73 Å². The molecule has 0 aromatic carbocycles. The highest BCUT2D eigenvalue weighted by Crippen LogP contribution is 2.27. The van der Waals surface area contributed by atoms with Crippen LogP contribution in [0.3, 0.4) is 0 Å². The van der Waals surface area contributed by atoms with Crippen LogP contribution in [0.4, 0.5) is 0 Å². The molecule has 1 saturated carbocycles. The fraction of sp³-hybridized carbons (Fsp3) is 0.909. The second-order valence-corrected chi connectivity index (χ2v) is 4.36. The zero-order valence-electron chi connectivity index (χ0n) is 9.75. The van der Waals surface area contributed by atoms with Gasteiger partial charge in [0.2, 0.25) is 0 Å². The minimum absolute atomic E-state index is 0.176. The van der Waals surface area contributed by atoms with Crippen molar-refractivity contribution in [2.75, 3.05) is 13.7 Å². The highest BCUT2D eigenvalue weighted by atomic mass is 16.5. The van der Waals surface area contributed by atoms with E-state index >= 15 is 0 Å². The summed E-state index contributed by atoms with van der Waals surface area (Å²) in [4.78, 5) is 11.6. The van der Waals surface area contributed by atoms with E-state index in [1.807, 2.05) is 0 Å². The summed E-state index contributed by atoms with van der Waals surface area (Å²) in [5.74, 6) is -0.202. The summed E-state index contributed by atoms with van der Waals surface area (Å²) in [5.41, 5.74) is 3.43. The maximum absolute atomic E-state index is 11.6. The summed E-state index contributed by atoms with van der Waals surface area (Å²) < 4.78 is 10.5. The molecule has 0 aromatic rings. The van der Waals surface area contributed by atoms with Crippen molar-refractivity contribution in [1.29, 1.82) is 0 Å². The molecule has 4 heteroatoms.